The zero-order chi connectivity index (χ0) is 21.5. The molecule has 30 heavy (non-hydrogen) atoms. The van der Waals surface area contributed by atoms with Crippen LogP contribution in [0.5, 0.6) is 11.5 Å². The lowest BCUT2D eigenvalue weighted by atomic mass is 9.91. The van der Waals surface area contributed by atoms with Crippen molar-refractivity contribution >= 4 is 29.3 Å². The lowest BCUT2D eigenvalue weighted by Crippen LogP contribution is -2.42. The molecule has 0 spiro atoms. The van der Waals surface area contributed by atoms with Gasteiger partial charge >= 0.3 is 6.03 Å². The SMILES string of the molecule is CC(=O)c1cccc(NC(=O)CN2C(=O)NC(C)(c3ccc4c(c3)OCO4)C2=O)c1. The Balaban J connectivity index is 1.49. The maximum atomic E-state index is 13.0. The molecule has 154 valence electrons. The van der Waals surface area contributed by atoms with Gasteiger partial charge in [0.25, 0.3) is 5.91 Å². The smallest absolute Gasteiger partial charge is 0.325 e. The summed E-state index contributed by atoms with van der Waals surface area (Å²) in [6, 6.07) is 10.7. The lowest BCUT2D eigenvalue weighted by molar-refractivity contribution is -0.133. The number of ketones is 1. The Morgan fingerprint density at radius 2 is 1.90 bits per heavy atom. The molecular weight excluding hydrogens is 390 g/mol. The molecule has 2 heterocycles. The van der Waals surface area contributed by atoms with E-state index in [1.165, 1.54) is 13.0 Å². The maximum Gasteiger partial charge on any atom is 0.325 e. The molecule has 9 heteroatoms. The standard InChI is InChI=1S/C21H19N3O6/c1-12(25)13-4-3-5-15(8-13)22-18(26)10-24-19(27)21(2,23-20(24)28)14-6-7-16-17(9-14)30-11-29-16/h3-9H,10-11H2,1-2H3,(H,22,26)(H,23,28). The molecule has 2 aromatic rings. The highest BCUT2D eigenvalue weighted by atomic mass is 16.7. The van der Waals surface area contributed by atoms with E-state index in [9.17, 15) is 19.2 Å². The molecule has 0 radical (unpaired) electrons. The summed E-state index contributed by atoms with van der Waals surface area (Å²) in [6.45, 7) is 2.62. The molecule has 1 fully saturated rings. The number of nitrogens with one attached hydrogen (secondary N) is 2. The van der Waals surface area contributed by atoms with Crippen LogP contribution >= 0.6 is 0 Å². The normalized spacial score (nSPS) is 19.6. The predicted octanol–water partition coefficient (Wildman–Crippen LogP) is 2.02. The van der Waals surface area contributed by atoms with E-state index in [1.807, 2.05) is 0 Å². The van der Waals surface area contributed by atoms with Crippen molar-refractivity contribution in [2.75, 3.05) is 18.7 Å². The molecule has 1 unspecified atom stereocenters. The highest BCUT2D eigenvalue weighted by Gasteiger charge is 2.49. The summed E-state index contributed by atoms with van der Waals surface area (Å²) in [5.74, 6) is -0.215. The molecule has 0 bridgehead atoms. The minimum absolute atomic E-state index is 0.0902. The Morgan fingerprint density at radius 3 is 2.67 bits per heavy atom. The number of nitrogens with zero attached hydrogens (tertiary/aromatic N) is 1. The van der Waals surface area contributed by atoms with Crippen LogP contribution in [0.2, 0.25) is 0 Å². The van der Waals surface area contributed by atoms with Crippen LogP contribution in [0.25, 0.3) is 0 Å². The fourth-order valence-electron chi connectivity index (χ4n) is 3.40. The van der Waals surface area contributed by atoms with Gasteiger partial charge in [0.05, 0.1) is 0 Å². The first-order valence-corrected chi connectivity index (χ1v) is 9.23. The van der Waals surface area contributed by atoms with Gasteiger partial charge in [-0.15, -0.1) is 0 Å². The Hall–Kier alpha value is -3.88. The lowest BCUT2D eigenvalue weighted by Gasteiger charge is -2.22. The van der Waals surface area contributed by atoms with Crippen LogP contribution in [-0.2, 0) is 15.1 Å². The minimum atomic E-state index is -1.34. The molecule has 0 aromatic heterocycles. The number of amides is 4. The van der Waals surface area contributed by atoms with E-state index in [0.29, 0.717) is 28.3 Å². The van der Waals surface area contributed by atoms with Gasteiger partial charge in [-0.1, -0.05) is 18.2 Å². The third-order valence-corrected chi connectivity index (χ3v) is 5.08. The molecule has 0 saturated carbocycles. The van der Waals surface area contributed by atoms with E-state index < -0.39 is 29.9 Å². The molecule has 2 aromatic carbocycles. The summed E-state index contributed by atoms with van der Waals surface area (Å²) >= 11 is 0. The van der Waals surface area contributed by atoms with Crippen molar-refractivity contribution in [1.29, 1.82) is 0 Å². The largest absolute Gasteiger partial charge is 0.454 e. The number of rotatable bonds is 5. The molecule has 4 amide bonds. The van der Waals surface area contributed by atoms with Crippen LogP contribution in [0.15, 0.2) is 42.5 Å². The summed E-state index contributed by atoms with van der Waals surface area (Å²) in [7, 11) is 0. The summed E-state index contributed by atoms with van der Waals surface area (Å²) in [4.78, 5) is 50.2. The maximum absolute atomic E-state index is 13.0. The van der Waals surface area contributed by atoms with E-state index >= 15 is 0 Å². The predicted molar refractivity (Wildman–Crippen MR) is 105 cm³/mol. The highest BCUT2D eigenvalue weighted by molar-refractivity contribution is 6.10. The van der Waals surface area contributed by atoms with Gasteiger partial charge in [-0.2, -0.15) is 0 Å². The van der Waals surface area contributed by atoms with Gasteiger partial charge in [-0.3, -0.25) is 19.3 Å². The van der Waals surface area contributed by atoms with Crippen molar-refractivity contribution in [1.82, 2.24) is 10.2 Å². The molecule has 0 aliphatic carbocycles. The first-order valence-electron chi connectivity index (χ1n) is 9.23. The number of carbonyl (C=O) groups excluding carboxylic acids is 4. The second kappa shape index (κ2) is 7.18. The van der Waals surface area contributed by atoms with Crippen LogP contribution in [0, 0.1) is 0 Å². The Morgan fingerprint density at radius 1 is 1.13 bits per heavy atom. The fraction of sp³-hybridized carbons (Fsp3) is 0.238. The zero-order valence-electron chi connectivity index (χ0n) is 16.4. The first-order chi connectivity index (χ1) is 14.3. The number of hydrogen-bond acceptors (Lipinski definition) is 6. The van der Waals surface area contributed by atoms with Crippen LogP contribution in [0.1, 0.15) is 29.8 Å². The van der Waals surface area contributed by atoms with Gasteiger partial charge in [0.2, 0.25) is 12.7 Å². The van der Waals surface area contributed by atoms with Crippen molar-refractivity contribution in [3.05, 3.63) is 53.6 Å². The fourth-order valence-corrected chi connectivity index (χ4v) is 3.40. The molecule has 2 aliphatic rings. The van der Waals surface area contributed by atoms with Crippen molar-refractivity contribution in [2.45, 2.75) is 19.4 Å². The van der Waals surface area contributed by atoms with Crippen molar-refractivity contribution in [3.63, 3.8) is 0 Å². The molecule has 2 aliphatic heterocycles. The third-order valence-electron chi connectivity index (χ3n) is 5.08. The quantitative estimate of drug-likeness (QED) is 0.577. The number of fused-ring (bicyclic) bond motifs is 1. The van der Waals surface area contributed by atoms with Crippen LogP contribution < -0.4 is 20.1 Å². The molecule has 1 saturated heterocycles. The number of carbonyl (C=O) groups is 4. The van der Waals surface area contributed by atoms with Gasteiger partial charge in [-0.05, 0) is 43.7 Å². The molecular formula is C21H19N3O6. The van der Waals surface area contributed by atoms with Crippen LogP contribution in [0.4, 0.5) is 10.5 Å². The Bertz CT molecular complexity index is 1080. The summed E-state index contributed by atoms with van der Waals surface area (Å²) in [5, 5.41) is 5.25. The molecule has 1 atom stereocenters. The second-order valence-corrected chi connectivity index (χ2v) is 7.20. The third kappa shape index (κ3) is 3.34. The average Bonchev–Trinajstić information content (AvgIpc) is 3.26. The van der Waals surface area contributed by atoms with Gasteiger partial charge in [0.15, 0.2) is 17.3 Å². The second-order valence-electron chi connectivity index (χ2n) is 7.20. The number of imide groups is 1. The van der Waals surface area contributed by atoms with E-state index in [-0.39, 0.29) is 12.6 Å². The van der Waals surface area contributed by atoms with E-state index in [4.69, 9.17) is 9.47 Å². The number of benzene rings is 2. The molecule has 4 rings (SSSR count). The Kier molecular flexibility index (Phi) is 4.65. The van der Waals surface area contributed by atoms with E-state index in [1.54, 1.807) is 43.3 Å². The van der Waals surface area contributed by atoms with Gasteiger partial charge in [0.1, 0.15) is 12.1 Å². The molecule has 2 N–H and O–H groups in total. The number of Topliss-reactive ketones (excluding diaryl/α,β-unsaturated/α-hetero) is 1. The van der Waals surface area contributed by atoms with E-state index in [2.05, 4.69) is 10.6 Å². The van der Waals surface area contributed by atoms with Crippen LogP contribution in [0.3, 0.4) is 0 Å². The number of ether oxygens (including phenoxy) is 2. The van der Waals surface area contributed by atoms with Crippen molar-refractivity contribution < 1.29 is 28.7 Å². The van der Waals surface area contributed by atoms with Gasteiger partial charge < -0.3 is 20.1 Å². The van der Waals surface area contributed by atoms with Crippen LogP contribution in [-0.4, -0.2) is 41.9 Å². The zero-order valence-corrected chi connectivity index (χ0v) is 16.4. The minimum Gasteiger partial charge on any atom is -0.454 e. The highest BCUT2D eigenvalue weighted by Crippen LogP contribution is 2.37. The summed E-state index contributed by atoms with van der Waals surface area (Å²) < 4.78 is 10.6. The number of hydrogen-bond donors (Lipinski definition) is 2. The number of urea groups is 1. The van der Waals surface area contributed by atoms with E-state index in [0.717, 1.165) is 4.90 Å². The topological polar surface area (TPSA) is 114 Å². The van der Waals surface area contributed by atoms with Gasteiger partial charge in [0, 0.05) is 11.3 Å². The summed E-state index contributed by atoms with van der Waals surface area (Å²) in [5.41, 5.74) is 0.0195. The van der Waals surface area contributed by atoms with Gasteiger partial charge in [-0.25, -0.2) is 4.79 Å². The molecule has 9 nitrogen and oxygen atoms in total. The number of anilines is 1. The first kappa shape index (κ1) is 19.4. The Labute approximate surface area is 171 Å². The average molecular weight is 409 g/mol. The van der Waals surface area contributed by atoms with Crippen molar-refractivity contribution in [3.8, 4) is 11.5 Å². The summed E-state index contributed by atoms with van der Waals surface area (Å²) in [6.07, 6.45) is 0. The monoisotopic (exact) mass is 409 g/mol. The van der Waals surface area contributed by atoms with Crippen molar-refractivity contribution in [2.24, 2.45) is 0 Å².